The van der Waals surface area contributed by atoms with Gasteiger partial charge >= 0.3 is 0 Å². The number of hydrogen-bond donors (Lipinski definition) is 1. The highest BCUT2D eigenvalue weighted by molar-refractivity contribution is 5.92. The van der Waals surface area contributed by atoms with Gasteiger partial charge in [-0.3, -0.25) is 4.79 Å². The Morgan fingerprint density at radius 2 is 2.00 bits per heavy atom. The molecule has 1 N–H and O–H groups in total. The van der Waals surface area contributed by atoms with Gasteiger partial charge in [0, 0.05) is 37.2 Å². The van der Waals surface area contributed by atoms with Gasteiger partial charge in [-0.25, -0.2) is 0 Å². The molecule has 1 saturated carbocycles. The van der Waals surface area contributed by atoms with Crippen LogP contribution < -0.4 is 4.90 Å². The van der Waals surface area contributed by atoms with Gasteiger partial charge in [-0.15, -0.1) is 0 Å². The van der Waals surface area contributed by atoms with E-state index in [-0.39, 0.29) is 11.8 Å². The molecule has 1 aliphatic heterocycles. The Labute approximate surface area is 107 Å². The van der Waals surface area contributed by atoms with Crippen molar-refractivity contribution >= 4 is 11.5 Å². The van der Waals surface area contributed by atoms with E-state index in [0.717, 1.165) is 23.2 Å². The summed E-state index contributed by atoms with van der Waals surface area (Å²) in [4.78, 5) is 14.3. The van der Waals surface area contributed by atoms with Gasteiger partial charge in [0.15, 0.2) is 11.4 Å². The summed E-state index contributed by atoms with van der Waals surface area (Å²) in [7, 11) is 2.06. The van der Waals surface area contributed by atoms with Crippen molar-refractivity contribution in [2.75, 3.05) is 11.9 Å². The lowest BCUT2D eigenvalue weighted by molar-refractivity contribution is -0.143. The first-order chi connectivity index (χ1) is 8.43. The van der Waals surface area contributed by atoms with Crippen LogP contribution in [-0.2, 0) is 10.4 Å². The van der Waals surface area contributed by atoms with E-state index in [1.807, 2.05) is 13.0 Å². The molecule has 3 nitrogen and oxygen atoms in total. The van der Waals surface area contributed by atoms with E-state index in [2.05, 4.69) is 24.9 Å². The SMILES string of the molecule is Cc1cc2c(cc1C)[C@]1(O)C[C@@H](CCC1=O)N2C. The van der Waals surface area contributed by atoms with Crippen molar-refractivity contribution in [3.63, 3.8) is 0 Å². The van der Waals surface area contributed by atoms with E-state index in [9.17, 15) is 9.90 Å². The molecule has 1 aromatic rings. The minimum Gasteiger partial charge on any atom is -0.377 e. The first kappa shape index (κ1) is 11.7. The predicted molar refractivity (Wildman–Crippen MR) is 70.9 cm³/mol. The quantitative estimate of drug-likeness (QED) is 0.760. The molecule has 1 heterocycles. The lowest BCUT2D eigenvalue weighted by atomic mass is 9.71. The van der Waals surface area contributed by atoms with Crippen molar-refractivity contribution in [2.24, 2.45) is 0 Å². The summed E-state index contributed by atoms with van der Waals surface area (Å²) in [5, 5.41) is 10.8. The molecule has 1 fully saturated rings. The number of carbonyl (C=O) groups is 1. The minimum atomic E-state index is -1.25. The van der Waals surface area contributed by atoms with Gasteiger partial charge in [0.05, 0.1) is 0 Å². The van der Waals surface area contributed by atoms with E-state index >= 15 is 0 Å². The Balaban J connectivity index is 2.26. The maximum atomic E-state index is 12.1. The molecule has 0 spiro atoms. The zero-order valence-corrected chi connectivity index (χ0v) is 11.2. The molecule has 3 heteroatoms. The summed E-state index contributed by atoms with van der Waals surface area (Å²) < 4.78 is 0. The number of benzene rings is 1. The highest BCUT2D eigenvalue weighted by atomic mass is 16.3. The fourth-order valence-corrected chi connectivity index (χ4v) is 3.27. The van der Waals surface area contributed by atoms with Crippen LogP contribution in [-0.4, -0.2) is 24.0 Å². The van der Waals surface area contributed by atoms with Crippen LogP contribution >= 0.6 is 0 Å². The third-order valence-corrected chi connectivity index (χ3v) is 4.68. The van der Waals surface area contributed by atoms with Gasteiger partial charge in [-0.1, -0.05) is 6.07 Å². The number of rotatable bonds is 0. The summed E-state index contributed by atoms with van der Waals surface area (Å²) in [5.74, 6) is -0.0173. The normalized spacial score (nSPS) is 30.3. The van der Waals surface area contributed by atoms with E-state index < -0.39 is 5.60 Å². The first-order valence-electron chi connectivity index (χ1n) is 6.54. The van der Waals surface area contributed by atoms with Crippen LogP contribution in [0.1, 0.15) is 36.0 Å². The minimum absolute atomic E-state index is 0.0173. The lowest BCUT2D eigenvalue weighted by Gasteiger charge is -2.47. The Hall–Kier alpha value is -1.35. The van der Waals surface area contributed by atoms with Crippen molar-refractivity contribution < 1.29 is 9.90 Å². The highest BCUT2D eigenvalue weighted by Gasteiger charge is 2.49. The van der Waals surface area contributed by atoms with Crippen molar-refractivity contribution in [1.29, 1.82) is 0 Å². The largest absolute Gasteiger partial charge is 0.377 e. The standard InChI is InChI=1S/C15H19NO2/c1-9-6-12-13(7-10(9)2)16(3)11-4-5-14(17)15(12,18)8-11/h6-7,11,18H,4-5,8H2,1-3H3/t11-,15-/m1/s1. The van der Waals surface area contributed by atoms with E-state index in [0.29, 0.717) is 12.8 Å². The molecular formula is C15H19NO2. The number of nitrogens with zero attached hydrogens (tertiary/aromatic N) is 1. The summed E-state index contributed by atoms with van der Waals surface area (Å²) in [6.45, 7) is 4.10. The van der Waals surface area contributed by atoms with Crippen molar-refractivity contribution in [1.82, 2.24) is 0 Å². The summed E-state index contributed by atoms with van der Waals surface area (Å²) in [6.07, 6.45) is 1.87. The number of Topliss-reactive ketones (excluding diaryl/α,β-unsaturated/α-hetero) is 1. The third-order valence-electron chi connectivity index (χ3n) is 4.68. The van der Waals surface area contributed by atoms with Crippen LogP contribution in [0.3, 0.4) is 0 Å². The first-order valence-corrected chi connectivity index (χ1v) is 6.54. The number of hydrogen-bond acceptors (Lipinski definition) is 3. The van der Waals surface area contributed by atoms with E-state index in [1.54, 1.807) is 0 Å². The molecule has 2 aliphatic rings. The predicted octanol–water partition coefficient (Wildman–Crippen LogP) is 2.06. The zero-order chi connectivity index (χ0) is 13.1. The number of anilines is 1. The maximum Gasteiger partial charge on any atom is 0.169 e. The summed E-state index contributed by atoms with van der Waals surface area (Å²) >= 11 is 0. The molecule has 2 bridgehead atoms. The molecule has 0 aromatic heterocycles. The number of carbonyl (C=O) groups excluding carboxylic acids is 1. The van der Waals surface area contributed by atoms with Crippen molar-refractivity contribution in [3.05, 3.63) is 28.8 Å². The number of ketones is 1. The molecule has 1 aliphatic carbocycles. The highest BCUT2D eigenvalue weighted by Crippen LogP contribution is 2.46. The maximum absolute atomic E-state index is 12.1. The van der Waals surface area contributed by atoms with Crippen molar-refractivity contribution in [3.8, 4) is 0 Å². The van der Waals surface area contributed by atoms with E-state index in [4.69, 9.17) is 0 Å². The molecule has 3 rings (SSSR count). The van der Waals surface area contributed by atoms with Crippen LogP contribution in [0.15, 0.2) is 12.1 Å². The number of fused-ring (bicyclic) bond motifs is 4. The Morgan fingerprint density at radius 1 is 1.33 bits per heavy atom. The molecular weight excluding hydrogens is 226 g/mol. The summed E-state index contributed by atoms with van der Waals surface area (Å²) in [6, 6.07) is 4.36. The lowest BCUT2D eigenvalue weighted by Crippen LogP contribution is -2.53. The fourth-order valence-electron chi connectivity index (χ4n) is 3.27. The van der Waals surface area contributed by atoms with Crippen LogP contribution in [0.25, 0.3) is 0 Å². The Morgan fingerprint density at radius 3 is 2.72 bits per heavy atom. The molecule has 96 valence electrons. The van der Waals surface area contributed by atoms with Crippen LogP contribution in [0.5, 0.6) is 0 Å². The molecule has 0 radical (unpaired) electrons. The average Bonchev–Trinajstić information content (AvgIpc) is 2.33. The molecule has 2 atom stereocenters. The third kappa shape index (κ3) is 1.37. The molecule has 18 heavy (non-hydrogen) atoms. The second-order valence-corrected chi connectivity index (χ2v) is 5.74. The van der Waals surface area contributed by atoms with E-state index in [1.165, 1.54) is 5.56 Å². The monoisotopic (exact) mass is 245 g/mol. The molecule has 0 unspecified atom stereocenters. The second-order valence-electron chi connectivity index (χ2n) is 5.74. The molecule has 0 amide bonds. The molecule has 1 aromatic carbocycles. The van der Waals surface area contributed by atoms with Gasteiger partial charge in [-0.05, 0) is 37.5 Å². The Kier molecular flexibility index (Phi) is 2.33. The zero-order valence-electron chi connectivity index (χ0n) is 11.2. The fraction of sp³-hybridized carbons (Fsp3) is 0.533. The second kappa shape index (κ2) is 3.58. The topological polar surface area (TPSA) is 40.5 Å². The van der Waals surface area contributed by atoms with Crippen LogP contribution in [0.2, 0.25) is 0 Å². The van der Waals surface area contributed by atoms with Gasteiger partial charge < -0.3 is 10.0 Å². The van der Waals surface area contributed by atoms with Gasteiger partial charge in [0.1, 0.15) is 0 Å². The molecule has 0 saturated heterocycles. The van der Waals surface area contributed by atoms with Gasteiger partial charge in [0.2, 0.25) is 0 Å². The Bertz CT molecular complexity index is 538. The van der Waals surface area contributed by atoms with Crippen LogP contribution in [0.4, 0.5) is 5.69 Å². The number of aliphatic hydroxyl groups is 1. The summed E-state index contributed by atoms with van der Waals surface area (Å²) in [5.41, 5.74) is 2.91. The average molecular weight is 245 g/mol. The van der Waals surface area contributed by atoms with Gasteiger partial charge in [0.25, 0.3) is 0 Å². The van der Waals surface area contributed by atoms with Crippen molar-refractivity contribution in [2.45, 2.75) is 44.8 Å². The smallest absolute Gasteiger partial charge is 0.169 e. The number of aryl methyl sites for hydroxylation is 2. The van der Waals surface area contributed by atoms with Gasteiger partial charge in [-0.2, -0.15) is 0 Å². The van der Waals surface area contributed by atoms with Crippen LogP contribution in [0, 0.1) is 13.8 Å².